The Kier molecular flexibility index (Phi) is 17.8. The Morgan fingerprint density at radius 3 is 2.10 bits per heavy atom. The van der Waals surface area contributed by atoms with Crippen LogP contribution in [0.3, 0.4) is 0 Å². The Labute approximate surface area is 251 Å². The lowest BCUT2D eigenvalue weighted by molar-refractivity contribution is 0.201. The minimum absolute atomic E-state index is 0.527. The van der Waals surface area contributed by atoms with Crippen molar-refractivity contribution in [3.05, 3.63) is 114 Å². The molecule has 1 aliphatic heterocycles. The van der Waals surface area contributed by atoms with Crippen molar-refractivity contribution in [2.24, 2.45) is 10.9 Å². The number of H-pyrrole nitrogens is 1. The van der Waals surface area contributed by atoms with Crippen molar-refractivity contribution in [2.75, 3.05) is 13.1 Å². The van der Waals surface area contributed by atoms with Crippen LogP contribution in [0.2, 0.25) is 0 Å². The zero-order valence-electron chi connectivity index (χ0n) is 27.3. The van der Waals surface area contributed by atoms with Gasteiger partial charge in [-0.1, -0.05) is 101 Å². The minimum Gasteiger partial charge on any atom is -0.353 e. The average Bonchev–Trinajstić information content (AvgIpc) is 3.45. The maximum atomic E-state index is 5.29. The predicted molar refractivity (Wildman–Crippen MR) is 186 cm³/mol. The predicted octanol–water partition coefficient (Wildman–Crippen LogP) is 11.0. The second-order valence-corrected chi connectivity index (χ2v) is 9.82. The zero-order chi connectivity index (χ0) is 30.6. The number of aromatic amines is 1. The van der Waals surface area contributed by atoms with Crippen LogP contribution >= 0.6 is 0 Å². The molecule has 1 N–H and O–H groups in total. The van der Waals surface area contributed by atoms with Crippen LogP contribution in [0.4, 0.5) is 0 Å². The Hall–Kier alpha value is -3.43. The van der Waals surface area contributed by atoms with E-state index in [1.807, 2.05) is 41.5 Å². The normalized spacial score (nSPS) is 15.1. The summed E-state index contributed by atoms with van der Waals surface area (Å²) in [6.45, 7) is 25.2. The number of aliphatic imine (C=N–C) groups is 1. The van der Waals surface area contributed by atoms with E-state index in [2.05, 4.69) is 116 Å². The average molecular weight is 554 g/mol. The first-order chi connectivity index (χ1) is 20.0. The first kappa shape index (κ1) is 35.6. The van der Waals surface area contributed by atoms with Gasteiger partial charge < -0.3 is 4.98 Å². The van der Waals surface area contributed by atoms with Crippen LogP contribution < -0.4 is 0 Å². The smallest absolute Gasteiger partial charge is 0.0895 e. The Bertz CT molecular complexity index is 1230. The summed E-state index contributed by atoms with van der Waals surface area (Å²) in [6, 6.07) is 21.5. The number of para-hydroxylation sites is 1. The van der Waals surface area contributed by atoms with Crippen LogP contribution in [0.1, 0.15) is 86.4 Å². The topological polar surface area (TPSA) is 31.4 Å². The highest BCUT2D eigenvalue weighted by molar-refractivity contribution is 5.92. The fraction of sp³-hybridized carbons (Fsp3) is 0.395. The third-order valence-electron chi connectivity index (χ3n) is 6.99. The van der Waals surface area contributed by atoms with Gasteiger partial charge in [-0.25, -0.2) is 0 Å². The molecule has 0 aliphatic carbocycles. The van der Waals surface area contributed by atoms with Gasteiger partial charge in [-0.2, -0.15) is 0 Å². The summed E-state index contributed by atoms with van der Waals surface area (Å²) in [5.41, 5.74) is 8.39. The molecule has 2 aromatic carbocycles. The highest BCUT2D eigenvalue weighted by atomic mass is 15.1. The molecule has 222 valence electrons. The third-order valence-corrected chi connectivity index (χ3v) is 6.99. The Balaban J connectivity index is 0.00000110. The number of fused-ring (bicyclic) bond motifs is 1. The number of nitrogens with one attached hydrogen (secondary N) is 1. The summed E-state index contributed by atoms with van der Waals surface area (Å²) >= 11 is 0. The molecule has 0 bridgehead atoms. The van der Waals surface area contributed by atoms with E-state index in [4.69, 9.17) is 4.99 Å². The lowest BCUT2D eigenvalue weighted by Crippen LogP contribution is -2.35. The number of aromatic nitrogens is 1. The van der Waals surface area contributed by atoms with Gasteiger partial charge in [-0.3, -0.25) is 9.89 Å². The second kappa shape index (κ2) is 20.4. The molecule has 0 amide bonds. The molecule has 2 heterocycles. The monoisotopic (exact) mass is 553 g/mol. The van der Waals surface area contributed by atoms with Gasteiger partial charge in [0.15, 0.2) is 0 Å². The van der Waals surface area contributed by atoms with Gasteiger partial charge in [-0.05, 0) is 95.3 Å². The first-order valence-electron chi connectivity index (χ1n) is 15.4. The maximum absolute atomic E-state index is 5.29. The van der Waals surface area contributed by atoms with E-state index in [0.717, 1.165) is 49.4 Å². The van der Waals surface area contributed by atoms with E-state index < -0.39 is 0 Å². The van der Waals surface area contributed by atoms with E-state index in [1.165, 1.54) is 27.8 Å². The fourth-order valence-electron chi connectivity index (χ4n) is 4.72. The summed E-state index contributed by atoms with van der Waals surface area (Å²) in [4.78, 5) is 11.5. The standard InChI is InChI=1S/C31H37N3.C3H6.2C2H6/c1-5-6-12-23(2)24(3)31(30-21-28-15-10-11-16-29(28)33-30)32-25(4)27-17-19-34(20-18-27)22-26-13-8-7-9-14-26;1-3-2;2*1-2/h5-16,21,27,33H,17-20,22H2,1-4H3;3H,1H2,2H3;2*1-2H3/b6-5-,23-12-,31-24+,32-25?;;;. The molecule has 3 aromatic rings. The summed E-state index contributed by atoms with van der Waals surface area (Å²) in [6.07, 6.45) is 10.4. The number of likely N-dealkylation sites (tertiary alicyclic amines) is 1. The molecule has 3 nitrogen and oxygen atoms in total. The van der Waals surface area contributed by atoms with E-state index >= 15 is 0 Å². The molecule has 3 heteroatoms. The molecular formula is C38H55N3. The molecule has 1 aromatic heterocycles. The summed E-state index contributed by atoms with van der Waals surface area (Å²) < 4.78 is 0. The van der Waals surface area contributed by atoms with Crippen molar-refractivity contribution >= 4 is 22.3 Å². The number of piperidine rings is 1. The van der Waals surface area contributed by atoms with E-state index in [0.29, 0.717) is 5.92 Å². The minimum atomic E-state index is 0.527. The summed E-state index contributed by atoms with van der Waals surface area (Å²) in [5.74, 6) is 0.527. The van der Waals surface area contributed by atoms with Gasteiger partial charge >= 0.3 is 0 Å². The van der Waals surface area contributed by atoms with Crippen LogP contribution in [0.25, 0.3) is 16.6 Å². The molecule has 0 atom stereocenters. The van der Waals surface area contributed by atoms with Crippen molar-refractivity contribution in [3.63, 3.8) is 0 Å². The van der Waals surface area contributed by atoms with Gasteiger partial charge in [0.1, 0.15) is 0 Å². The highest BCUT2D eigenvalue weighted by Gasteiger charge is 2.22. The maximum Gasteiger partial charge on any atom is 0.0895 e. The number of allylic oxidation sites excluding steroid dienone is 6. The van der Waals surface area contributed by atoms with E-state index in [-0.39, 0.29) is 0 Å². The first-order valence-corrected chi connectivity index (χ1v) is 15.4. The summed E-state index contributed by atoms with van der Waals surface area (Å²) in [7, 11) is 0. The molecule has 0 radical (unpaired) electrons. The van der Waals surface area contributed by atoms with Crippen LogP contribution in [0.5, 0.6) is 0 Å². The lowest BCUT2D eigenvalue weighted by Gasteiger charge is -2.32. The van der Waals surface area contributed by atoms with Gasteiger partial charge in [0, 0.05) is 23.2 Å². The van der Waals surface area contributed by atoms with Crippen LogP contribution in [0, 0.1) is 5.92 Å². The molecule has 0 spiro atoms. The van der Waals surface area contributed by atoms with Gasteiger partial charge in [0.25, 0.3) is 0 Å². The van der Waals surface area contributed by atoms with Crippen molar-refractivity contribution in [1.82, 2.24) is 9.88 Å². The largest absolute Gasteiger partial charge is 0.353 e. The number of rotatable bonds is 7. The number of nitrogens with zero attached hydrogens (tertiary/aromatic N) is 2. The Morgan fingerprint density at radius 2 is 1.51 bits per heavy atom. The van der Waals surface area contributed by atoms with Crippen molar-refractivity contribution in [2.45, 2.75) is 81.7 Å². The van der Waals surface area contributed by atoms with Gasteiger partial charge in [0.05, 0.1) is 11.4 Å². The molecule has 4 rings (SSSR count). The lowest BCUT2D eigenvalue weighted by atomic mass is 9.92. The quantitative estimate of drug-likeness (QED) is 0.176. The molecule has 1 fully saturated rings. The van der Waals surface area contributed by atoms with Crippen LogP contribution in [-0.4, -0.2) is 28.7 Å². The molecule has 41 heavy (non-hydrogen) atoms. The van der Waals surface area contributed by atoms with Crippen molar-refractivity contribution in [1.29, 1.82) is 0 Å². The zero-order valence-corrected chi connectivity index (χ0v) is 27.3. The van der Waals surface area contributed by atoms with Crippen LogP contribution in [-0.2, 0) is 6.54 Å². The number of hydrogen-bond donors (Lipinski definition) is 1. The van der Waals surface area contributed by atoms with Crippen molar-refractivity contribution < 1.29 is 0 Å². The second-order valence-electron chi connectivity index (χ2n) is 9.82. The third kappa shape index (κ3) is 11.5. The van der Waals surface area contributed by atoms with E-state index in [9.17, 15) is 0 Å². The number of hydrogen-bond acceptors (Lipinski definition) is 2. The van der Waals surface area contributed by atoms with Gasteiger partial charge in [0.2, 0.25) is 0 Å². The molecule has 0 saturated carbocycles. The number of benzene rings is 2. The van der Waals surface area contributed by atoms with Crippen LogP contribution in [0.15, 0.2) is 108 Å². The van der Waals surface area contributed by atoms with E-state index in [1.54, 1.807) is 6.08 Å². The Morgan fingerprint density at radius 1 is 0.927 bits per heavy atom. The highest BCUT2D eigenvalue weighted by Crippen LogP contribution is 2.30. The van der Waals surface area contributed by atoms with Gasteiger partial charge in [-0.15, -0.1) is 6.58 Å². The molecular weight excluding hydrogens is 498 g/mol. The fourth-order valence-corrected chi connectivity index (χ4v) is 4.72. The SMILES string of the molecule is C=CC.CC.CC.C\C=C/C=C(C)\C(C)=C(\N=C(C)C1CCN(Cc2ccccc2)CC1)c1cc2ccccc2[nH]1. The molecule has 1 saturated heterocycles. The molecule has 1 aliphatic rings. The van der Waals surface area contributed by atoms with Crippen molar-refractivity contribution in [3.8, 4) is 0 Å². The summed E-state index contributed by atoms with van der Waals surface area (Å²) in [5, 5.41) is 1.22. The molecule has 0 unspecified atom stereocenters.